The molecule has 2 heteroatoms. The molecule has 2 nitrogen and oxygen atoms in total. The van der Waals surface area contributed by atoms with Crippen molar-refractivity contribution in [2.24, 2.45) is 0 Å². The van der Waals surface area contributed by atoms with Crippen LogP contribution in [0.4, 0.5) is 0 Å². The van der Waals surface area contributed by atoms with Gasteiger partial charge in [0.15, 0.2) is 0 Å². The van der Waals surface area contributed by atoms with E-state index in [2.05, 4.69) is 13.0 Å². The van der Waals surface area contributed by atoms with E-state index in [9.17, 15) is 4.79 Å². The second-order valence-electron chi connectivity index (χ2n) is 4.52. The van der Waals surface area contributed by atoms with Crippen molar-refractivity contribution >= 4 is 5.78 Å². The lowest BCUT2D eigenvalue weighted by molar-refractivity contribution is -0.119. The Morgan fingerprint density at radius 3 is 2.56 bits per heavy atom. The average molecular weight is 218 g/mol. The maximum Gasteiger partial charge on any atom is 0.140 e. The van der Waals surface area contributed by atoms with E-state index in [1.807, 2.05) is 12.1 Å². The third-order valence-electron chi connectivity index (χ3n) is 3.64. The summed E-state index contributed by atoms with van der Waals surface area (Å²) >= 11 is 0. The Bertz CT molecular complexity index is 417. The van der Waals surface area contributed by atoms with Gasteiger partial charge in [-0.2, -0.15) is 0 Å². The second-order valence-corrected chi connectivity index (χ2v) is 4.52. The number of Topliss-reactive ketones (excluding diaryl/α,β-unsaturated/α-hetero) is 1. The van der Waals surface area contributed by atoms with Gasteiger partial charge in [-0.1, -0.05) is 19.1 Å². The number of hydrogen-bond acceptors (Lipinski definition) is 2. The summed E-state index contributed by atoms with van der Waals surface area (Å²) in [6, 6.07) is 6.15. The van der Waals surface area contributed by atoms with E-state index in [1.165, 1.54) is 5.56 Å². The molecule has 1 saturated carbocycles. The van der Waals surface area contributed by atoms with Gasteiger partial charge < -0.3 is 4.74 Å². The van der Waals surface area contributed by atoms with E-state index < -0.39 is 0 Å². The number of ketones is 1. The highest BCUT2D eigenvalue weighted by Gasteiger charge is 2.48. The summed E-state index contributed by atoms with van der Waals surface area (Å²) < 4.78 is 5.30. The summed E-state index contributed by atoms with van der Waals surface area (Å²) in [4.78, 5) is 11.7. The Morgan fingerprint density at radius 1 is 1.44 bits per heavy atom. The van der Waals surface area contributed by atoms with Gasteiger partial charge in [0.1, 0.15) is 11.5 Å². The summed E-state index contributed by atoms with van der Waals surface area (Å²) in [7, 11) is 1.69. The average Bonchev–Trinajstić information content (AvgIpc) is 3.09. The summed E-state index contributed by atoms with van der Waals surface area (Å²) in [5.41, 5.74) is 2.18. The van der Waals surface area contributed by atoms with Crippen molar-refractivity contribution in [3.63, 3.8) is 0 Å². The molecule has 86 valence electrons. The largest absolute Gasteiger partial charge is 0.496 e. The standard InChI is InChI=1S/C14H18O2/c1-4-11-9-12(5-6-13(11)16-3)14(7-8-14)10(2)15/h5-6,9H,4,7-8H2,1-3H3. The van der Waals surface area contributed by atoms with Gasteiger partial charge in [0.2, 0.25) is 0 Å². The van der Waals surface area contributed by atoms with Gasteiger partial charge in [-0.3, -0.25) is 4.79 Å². The van der Waals surface area contributed by atoms with E-state index in [0.717, 1.165) is 30.6 Å². The fourth-order valence-corrected chi connectivity index (χ4v) is 2.32. The zero-order chi connectivity index (χ0) is 11.8. The maximum atomic E-state index is 11.7. The number of rotatable bonds is 4. The van der Waals surface area contributed by atoms with E-state index in [-0.39, 0.29) is 5.41 Å². The van der Waals surface area contributed by atoms with Crippen LogP contribution in [-0.4, -0.2) is 12.9 Å². The van der Waals surface area contributed by atoms with Crippen LogP contribution in [0.2, 0.25) is 0 Å². The molecule has 1 aliphatic carbocycles. The van der Waals surface area contributed by atoms with Crippen LogP contribution in [0.3, 0.4) is 0 Å². The molecule has 0 atom stereocenters. The number of carbonyl (C=O) groups is 1. The monoisotopic (exact) mass is 218 g/mol. The molecule has 0 bridgehead atoms. The fourth-order valence-electron chi connectivity index (χ4n) is 2.32. The minimum atomic E-state index is -0.170. The molecule has 16 heavy (non-hydrogen) atoms. The minimum absolute atomic E-state index is 0.170. The van der Waals surface area contributed by atoms with Crippen molar-refractivity contribution in [1.29, 1.82) is 0 Å². The first-order valence-electron chi connectivity index (χ1n) is 5.82. The second kappa shape index (κ2) is 3.93. The van der Waals surface area contributed by atoms with Gasteiger partial charge in [-0.15, -0.1) is 0 Å². The van der Waals surface area contributed by atoms with E-state index in [0.29, 0.717) is 5.78 Å². The topological polar surface area (TPSA) is 26.3 Å². The molecule has 0 spiro atoms. The van der Waals surface area contributed by atoms with Crippen LogP contribution in [0, 0.1) is 0 Å². The summed E-state index contributed by atoms with van der Waals surface area (Å²) in [6.45, 7) is 3.80. The van der Waals surface area contributed by atoms with Crippen LogP contribution in [0.5, 0.6) is 5.75 Å². The lowest BCUT2D eigenvalue weighted by atomic mass is 9.90. The summed E-state index contributed by atoms with van der Waals surface area (Å²) in [6.07, 6.45) is 2.93. The number of benzene rings is 1. The van der Waals surface area contributed by atoms with Gasteiger partial charge in [-0.25, -0.2) is 0 Å². The number of hydrogen-bond donors (Lipinski definition) is 0. The van der Waals surface area contributed by atoms with Crippen LogP contribution in [-0.2, 0) is 16.6 Å². The SMILES string of the molecule is CCc1cc(C2(C(C)=O)CC2)ccc1OC. The molecule has 1 aromatic rings. The Hall–Kier alpha value is -1.31. The first-order chi connectivity index (χ1) is 7.64. The number of aryl methyl sites for hydroxylation is 1. The molecular weight excluding hydrogens is 200 g/mol. The fraction of sp³-hybridized carbons (Fsp3) is 0.500. The predicted molar refractivity (Wildman–Crippen MR) is 64.0 cm³/mol. The molecule has 0 amide bonds. The molecule has 0 aliphatic heterocycles. The Morgan fingerprint density at radius 2 is 2.12 bits per heavy atom. The molecule has 0 heterocycles. The smallest absolute Gasteiger partial charge is 0.140 e. The molecule has 0 aromatic heterocycles. The predicted octanol–water partition coefficient (Wildman–Crippen LogP) is 2.88. The molecular formula is C14H18O2. The molecule has 0 radical (unpaired) electrons. The van der Waals surface area contributed by atoms with E-state index in [1.54, 1.807) is 14.0 Å². The van der Waals surface area contributed by atoms with Crippen molar-refractivity contribution in [2.75, 3.05) is 7.11 Å². The molecule has 1 fully saturated rings. The zero-order valence-corrected chi connectivity index (χ0v) is 10.2. The first kappa shape index (κ1) is 11.2. The highest BCUT2D eigenvalue weighted by atomic mass is 16.5. The van der Waals surface area contributed by atoms with Crippen LogP contribution in [0.25, 0.3) is 0 Å². The Balaban J connectivity index is 2.40. The molecule has 0 unspecified atom stereocenters. The van der Waals surface area contributed by atoms with Gasteiger partial charge >= 0.3 is 0 Å². The van der Waals surface area contributed by atoms with Crippen molar-refractivity contribution < 1.29 is 9.53 Å². The molecule has 1 aromatic carbocycles. The third-order valence-corrected chi connectivity index (χ3v) is 3.64. The van der Waals surface area contributed by atoms with Gasteiger partial charge in [0.05, 0.1) is 12.5 Å². The molecule has 2 rings (SSSR count). The summed E-state index contributed by atoms with van der Waals surface area (Å²) in [5.74, 6) is 1.21. The Labute approximate surface area is 96.6 Å². The highest BCUT2D eigenvalue weighted by Crippen LogP contribution is 2.49. The highest BCUT2D eigenvalue weighted by molar-refractivity contribution is 5.91. The quantitative estimate of drug-likeness (QED) is 0.776. The van der Waals surface area contributed by atoms with Crippen LogP contribution in [0.1, 0.15) is 37.8 Å². The lowest BCUT2D eigenvalue weighted by Crippen LogP contribution is -2.17. The molecule has 0 N–H and O–H groups in total. The number of ether oxygens (including phenoxy) is 1. The van der Waals surface area contributed by atoms with Crippen molar-refractivity contribution in [1.82, 2.24) is 0 Å². The summed E-state index contributed by atoms with van der Waals surface area (Å²) in [5, 5.41) is 0. The van der Waals surface area contributed by atoms with Crippen molar-refractivity contribution in [2.45, 2.75) is 38.5 Å². The zero-order valence-electron chi connectivity index (χ0n) is 10.2. The van der Waals surface area contributed by atoms with Crippen LogP contribution < -0.4 is 4.74 Å². The van der Waals surface area contributed by atoms with Crippen LogP contribution in [0.15, 0.2) is 18.2 Å². The minimum Gasteiger partial charge on any atom is -0.496 e. The first-order valence-corrected chi connectivity index (χ1v) is 5.82. The maximum absolute atomic E-state index is 11.7. The normalized spacial score (nSPS) is 16.9. The Kier molecular flexibility index (Phi) is 2.75. The van der Waals surface area contributed by atoms with E-state index >= 15 is 0 Å². The van der Waals surface area contributed by atoms with Crippen molar-refractivity contribution in [3.8, 4) is 5.75 Å². The van der Waals surface area contributed by atoms with Gasteiger partial charge in [0.25, 0.3) is 0 Å². The van der Waals surface area contributed by atoms with E-state index in [4.69, 9.17) is 4.74 Å². The molecule has 1 aliphatic rings. The van der Waals surface area contributed by atoms with Gasteiger partial charge in [-0.05, 0) is 43.4 Å². The van der Waals surface area contributed by atoms with Gasteiger partial charge in [0, 0.05) is 0 Å². The number of carbonyl (C=O) groups excluding carboxylic acids is 1. The van der Waals surface area contributed by atoms with Crippen LogP contribution >= 0.6 is 0 Å². The lowest BCUT2D eigenvalue weighted by Gasteiger charge is -2.15. The van der Waals surface area contributed by atoms with Crippen molar-refractivity contribution in [3.05, 3.63) is 29.3 Å². The third kappa shape index (κ3) is 1.62. The molecule has 0 saturated heterocycles. The number of methoxy groups -OCH3 is 1.